The van der Waals surface area contributed by atoms with E-state index in [9.17, 15) is 0 Å². The van der Waals surface area contributed by atoms with Crippen LogP contribution in [-0.2, 0) is 0 Å². The molecule has 1 saturated heterocycles. The Bertz CT molecular complexity index is 867. The SMILES string of the molecule is CC(Oc1cc(C#CC(C)N2CCNCC2)cnc1N)c1c(Cl)cccc1Cl. The van der Waals surface area contributed by atoms with Gasteiger partial charge in [0.2, 0.25) is 0 Å². The van der Waals surface area contributed by atoms with Gasteiger partial charge in [0.25, 0.3) is 0 Å². The van der Waals surface area contributed by atoms with Gasteiger partial charge < -0.3 is 15.8 Å². The lowest BCUT2D eigenvalue weighted by atomic mass is 10.1. The molecule has 5 nitrogen and oxygen atoms in total. The van der Waals surface area contributed by atoms with Crippen molar-refractivity contribution in [1.82, 2.24) is 15.2 Å². The van der Waals surface area contributed by atoms with Gasteiger partial charge in [0.1, 0.15) is 6.10 Å². The molecule has 2 atom stereocenters. The number of nitrogens with two attached hydrogens (primary N) is 1. The van der Waals surface area contributed by atoms with Crippen molar-refractivity contribution >= 4 is 29.0 Å². The van der Waals surface area contributed by atoms with Gasteiger partial charge in [0.15, 0.2) is 11.6 Å². The fraction of sp³-hybridized carbons (Fsp3) is 0.381. The molecule has 1 aliphatic rings. The van der Waals surface area contributed by atoms with Crippen molar-refractivity contribution in [3.8, 4) is 17.6 Å². The average molecular weight is 419 g/mol. The van der Waals surface area contributed by atoms with E-state index in [1.807, 2.05) is 6.92 Å². The molecule has 1 aliphatic heterocycles. The number of aromatic nitrogens is 1. The van der Waals surface area contributed by atoms with Gasteiger partial charge in [-0.15, -0.1) is 0 Å². The number of rotatable bonds is 4. The highest BCUT2D eigenvalue weighted by atomic mass is 35.5. The van der Waals surface area contributed by atoms with Crippen LogP contribution in [0.2, 0.25) is 10.0 Å². The van der Waals surface area contributed by atoms with Crippen LogP contribution in [0.5, 0.6) is 5.75 Å². The summed E-state index contributed by atoms with van der Waals surface area (Å²) in [6.45, 7) is 7.98. The van der Waals surface area contributed by atoms with E-state index in [4.69, 9.17) is 33.7 Å². The summed E-state index contributed by atoms with van der Waals surface area (Å²) in [7, 11) is 0. The number of ether oxygens (including phenoxy) is 1. The van der Waals surface area contributed by atoms with E-state index in [0.717, 1.165) is 31.7 Å². The Morgan fingerprint density at radius 3 is 2.57 bits per heavy atom. The zero-order chi connectivity index (χ0) is 20.1. The summed E-state index contributed by atoms with van der Waals surface area (Å²) < 4.78 is 6.01. The molecule has 0 spiro atoms. The fourth-order valence-electron chi connectivity index (χ4n) is 3.11. The second-order valence-corrected chi connectivity index (χ2v) is 7.55. The standard InChI is InChI=1S/C21H24Cl2N4O/c1-14(27-10-8-25-9-11-27)6-7-16-12-19(21(24)26-13-16)28-15(2)20-17(22)4-3-5-18(20)23/h3-5,12-15,25H,8-11H2,1-2H3,(H2,24,26). The minimum atomic E-state index is -0.381. The van der Waals surface area contributed by atoms with Crippen LogP contribution in [0.15, 0.2) is 30.5 Å². The number of nitrogens with zero attached hydrogens (tertiary/aromatic N) is 2. The fourth-order valence-corrected chi connectivity index (χ4v) is 3.82. The van der Waals surface area contributed by atoms with Gasteiger partial charge in [-0.1, -0.05) is 41.1 Å². The molecule has 1 aromatic carbocycles. The maximum Gasteiger partial charge on any atom is 0.166 e. The quantitative estimate of drug-likeness (QED) is 0.739. The van der Waals surface area contributed by atoms with Gasteiger partial charge in [-0.05, 0) is 26.0 Å². The van der Waals surface area contributed by atoms with Crippen molar-refractivity contribution in [2.45, 2.75) is 26.0 Å². The highest BCUT2D eigenvalue weighted by molar-refractivity contribution is 6.36. The van der Waals surface area contributed by atoms with Crippen LogP contribution in [-0.4, -0.2) is 42.1 Å². The number of piperazine rings is 1. The first-order valence-corrected chi connectivity index (χ1v) is 10.0. The molecule has 2 unspecified atom stereocenters. The summed E-state index contributed by atoms with van der Waals surface area (Å²) in [6.07, 6.45) is 1.28. The van der Waals surface area contributed by atoms with Gasteiger partial charge in [0, 0.05) is 59.6 Å². The lowest BCUT2D eigenvalue weighted by molar-refractivity contribution is 0.218. The van der Waals surface area contributed by atoms with E-state index in [0.29, 0.717) is 27.2 Å². The molecule has 28 heavy (non-hydrogen) atoms. The molecule has 0 radical (unpaired) electrons. The Balaban J connectivity index is 1.76. The molecule has 3 rings (SSSR count). The molecule has 0 aliphatic carbocycles. The van der Waals surface area contributed by atoms with Crippen LogP contribution in [0.3, 0.4) is 0 Å². The molecule has 0 bridgehead atoms. The lowest BCUT2D eigenvalue weighted by Crippen LogP contribution is -2.47. The summed E-state index contributed by atoms with van der Waals surface area (Å²) in [5.41, 5.74) is 7.47. The largest absolute Gasteiger partial charge is 0.482 e. The van der Waals surface area contributed by atoms with Gasteiger partial charge in [-0.3, -0.25) is 4.90 Å². The number of hydrogen-bond acceptors (Lipinski definition) is 5. The minimum Gasteiger partial charge on any atom is -0.482 e. The second kappa shape index (κ2) is 9.49. The van der Waals surface area contributed by atoms with E-state index in [2.05, 4.69) is 34.0 Å². The predicted molar refractivity (Wildman–Crippen MR) is 115 cm³/mol. The van der Waals surface area contributed by atoms with Gasteiger partial charge in [-0.25, -0.2) is 4.98 Å². The summed E-state index contributed by atoms with van der Waals surface area (Å²) in [5, 5.41) is 4.44. The van der Waals surface area contributed by atoms with E-state index < -0.39 is 0 Å². The number of halogens is 2. The molecule has 0 saturated carbocycles. The van der Waals surface area contributed by atoms with Crippen molar-refractivity contribution in [2.24, 2.45) is 0 Å². The molecule has 7 heteroatoms. The van der Waals surface area contributed by atoms with Crippen LogP contribution in [0.1, 0.15) is 31.1 Å². The van der Waals surface area contributed by atoms with E-state index in [1.54, 1.807) is 30.5 Å². The number of nitrogens with one attached hydrogen (secondary N) is 1. The summed E-state index contributed by atoms with van der Waals surface area (Å²) in [6, 6.07) is 7.34. The number of anilines is 1. The Kier molecular flexibility index (Phi) is 7.03. The first-order chi connectivity index (χ1) is 13.5. The van der Waals surface area contributed by atoms with Crippen LogP contribution in [0.25, 0.3) is 0 Å². The Labute approximate surface area is 176 Å². The third kappa shape index (κ3) is 5.09. The third-order valence-electron chi connectivity index (χ3n) is 4.72. The number of nitrogen functional groups attached to an aromatic ring is 1. The monoisotopic (exact) mass is 418 g/mol. The van der Waals surface area contributed by atoms with Crippen LogP contribution >= 0.6 is 23.2 Å². The zero-order valence-electron chi connectivity index (χ0n) is 16.0. The number of benzene rings is 1. The van der Waals surface area contributed by atoms with Crippen LogP contribution in [0, 0.1) is 11.8 Å². The van der Waals surface area contributed by atoms with E-state index in [-0.39, 0.29) is 12.1 Å². The molecular formula is C21H24Cl2N4O. The molecule has 0 amide bonds. The van der Waals surface area contributed by atoms with Crippen molar-refractivity contribution in [2.75, 3.05) is 31.9 Å². The number of hydrogen-bond donors (Lipinski definition) is 2. The molecular weight excluding hydrogens is 395 g/mol. The predicted octanol–water partition coefficient (Wildman–Crippen LogP) is 3.76. The van der Waals surface area contributed by atoms with Crippen LogP contribution < -0.4 is 15.8 Å². The average Bonchev–Trinajstić information content (AvgIpc) is 2.69. The number of pyridine rings is 1. The highest BCUT2D eigenvalue weighted by Gasteiger charge is 2.17. The van der Waals surface area contributed by atoms with E-state index >= 15 is 0 Å². The maximum atomic E-state index is 6.28. The van der Waals surface area contributed by atoms with Crippen molar-refractivity contribution in [3.05, 3.63) is 51.6 Å². The second-order valence-electron chi connectivity index (χ2n) is 6.73. The first kappa shape index (κ1) is 20.8. The maximum absolute atomic E-state index is 6.28. The van der Waals surface area contributed by atoms with Gasteiger partial charge >= 0.3 is 0 Å². The third-order valence-corrected chi connectivity index (χ3v) is 5.38. The topological polar surface area (TPSA) is 63.4 Å². The Morgan fingerprint density at radius 1 is 1.21 bits per heavy atom. The smallest absolute Gasteiger partial charge is 0.166 e. The van der Waals surface area contributed by atoms with Crippen molar-refractivity contribution in [3.63, 3.8) is 0 Å². The first-order valence-electron chi connectivity index (χ1n) is 9.28. The normalized spacial score (nSPS) is 16.7. The molecule has 148 valence electrons. The molecule has 3 N–H and O–H groups in total. The van der Waals surface area contributed by atoms with Crippen molar-refractivity contribution in [1.29, 1.82) is 0 Å². The lowest BCUT2D eigenvalue weighted by Gasteiger charge is -2.29. The van der Waals surface area contributed by atoms with Gasteiger partial charge in [0.05, 0.1) is 6.04 Å². The highest BCUT2D eigenvalue weighted by Crippen LogP contribution is 2.34. The molecule has 2 heterocycles. The van der Waals surface area contributed by atoms with E-state index in [1.165, 1.54) is 0 Å². The molecule has 1 fully saturated rings. The molecule has 2 aromatic rings. The summed E-state index contributed by atoms with van der Waals surface area (Å²) in [5.74, 6) is 7.24. The molecule has 1 aromatic heterocycles. The Morgan fingerprint density at radius 2 is 1.89 bits per heavy atom. The Hall–Kier alpha value is -1.97. The minimum absolute atomic E-state index is 0.171. The van der Waals surface area contributed by atoms with Crippen molar-refractivity contribution < 1.29 is 4.74 Å². The summed E-state index contributed by atoms with van der Waals surface area (Å²) in [4.78, 5) is 6.58. The van der Waals surface area contributed by atoms with Crippen LogP contribution in [0.4, 0.5) is 5.82 Å². The zero-order valence-corrected chi connectivity index (χ0v) is 17.5. The summed E-state index contributed by atoms with van der Waals surface area (Å²) >= 11 is 12.6. The van der Waals surface area contributed by atoms with Gasteiger partial charge in [-0.2, -0.15) is 0 Å².